The number of aryl methyl sites for hydroxylation is 1. The Morgan fingerprint density at radius 3 is 2.68 bits per heavy atom. The molecule has 2 atom stereocenters. The molecule has 0 saturated heterocycles. The molecule has 1 amide bonds. The lowest BCUT2D eigenvalue weighted by Crippen LogP contribution is -2.34. The minimum atomic E-state index is 0.0673. The van der Waals surface area contributed by atoms with Crippen LogP contribution in [0.1, 0.15) is 40.9 Å². The van der Waals surface area contributed by atoms with Crippen LogP contribution in [0, 0.1) is 18.8 Å². The maximum atomic E-state index is 12.1. The van der Waals surface area contributed by atoms with E-state index in [1.165, 1.54) is 37.0 Å². The van der Waals surface area contributed by atoms with Crippen LogP contribution in [0.4, 0.5) is 0 Å². The van der Waals surface area contributed by atoms with Crippen molar-refractivity contribution in [3.05, 3.63) is 20.3 Å². The van der Waals surface area contributed by atoms with Crippen LogP contribution in [0.2, 0.25) is 0 Å². The molecule has 0 aliphatic heterocycles. The smallest absolute Gasteiger partial charge is 0.261 e. The van der Waals surface area contributed by atoms with Crippen molar-refractivity contribution in [1.29, 1.82) is 0 Å². The zero-order valence-electron chi connectivity index (χ0n) is 11.0. The number of hydrogen-bond acceptors (Lipinski definition) is 2. The van der Waals surface area contributed by atoms with Gasteiger partial charge in [0.2, 0.25) is 0 Å². The van der Waals surface area contributed by atoms with E-state index in [0.29, 0.717) is 11.8 Å². The van der Waals surface area contributed by atoms with Gasteiger partial charge in [-0.1, -0.05) is 28.8 Å². The highest BCUT2D eigenvalue weighted by Gasteiger charge is 2.24. The Morgan fingerprint density at radius 2 is 2.11 bits per heavy atom. The molecule has 2 nitrogen and oxygen atoms in total. The number of rotatable bonds is 4. The first kappa shape index (κ1) is 15.5. The van der Waals surface area contributed by atoms with Crippen LogP contribution in [-0.2, 0) is 0 Å². The molecule has 1 heterocycles. The van der Waals surface area contributed by atoms with Gasteiger partial charge in [-0.15, -0.1) is 11.3 Å². The molecule has 1 N–H and O–H groups in total. The van der Waals surface area contributed by atoms with Crippen molar-refractivity contribution in [2.24, 2.45) is 11.8 Å². The number of hydrogen-bond donors (Lipinski definition) is 1. The fourth-order valence-corrected chi connectivity index (χ4v) is 4.94. The maximum absolute atomic E-state index is 12.1. The fourth-order valence-electron chi connectivity index (χ4n) is 2.64. The Hall–Kier alpha value is 0.130. The van der Waals surface area contributed by atoms with Crippen molar-refractivity contribution in [1.82, 2.24) is 5.32 Å². The summed E-state index contributed by atoms with van der Waals surface area (Å²) in [5.41, 5.74) is 1.13. The van der Waals surface area contributed by atoms with Crippen LogP contribution in [0.5, 0.6) is 0 Å². The second-order valence-corrected chi connectivity index (χ2v) is 8.25. The number of halogens is 2. The summed E-state index contributed by atoms with van der Waals surface area (Å²) in [7, 11) is 0. The van der Waals surface area contributed by atoms with Crippen LogP contribution in [-0.4, -0.2) is 17.8 Å². The number of carbonyl (C=O) groups is 1. The van der Waals surface area contributed by atoms with Crippen molar-refractivity contribution in [3.8, 4) is 0 Å². The summed E-state index contributed by atoms with van der Waals surface area (Å²) in [6.45, 7) is 2.82. The molecular formula is C14H19Br2NOS. The Bertz CT molecular complexity index is 427. The van der Waals surface area contributed by atoms with Crippen LogP contribution in [0.15, 0.2) is 9.85 Å². The summed E-state index contributed by atoms with van der Waals surface area (Å²) < 4.78 is 1.05. The Morgan fingerprint density at radius 1 is 1.42 bits per heavy atom. The molecule has 0 aromatic carbocycles. The van der Waals surface area contributed by atoms with Crippen molar-refractivity contribution in [2.75, 3.05) is 11.9 Å². The quantitative estimate of drug-likeness (QED) is 0.715. The van der Waals surface area contributed by atoms with E-state index in [0.717, 1.165) is 26.1 Å². The predicted octanol–water partition coefficient (Wildman–Crippen LogP) is 4.75. The highest BCUT2D eigenvalue weighted by molar-refractivity contribution is 9.11. The summed E-state index contributed by atoms with van der Waals surface area (Å²) in [4.78, 5) is 12.9. The van der Waals surface area contributed by atoms with Crippen LogP contribution in [0.25, 0.3) is 0 Å². The number of amides is 1. The minimum Gasteiger partial charge on any atom is -0.351 e. The van der Waals surface area contributed by atoms with Crippen LogP contribution < -0.4 is 5.32 Å². The van der Waals surface area contributed by atoms with Gasteiger partial charge in [0.15, 0.2) is 0 Å². The van der Waals surface area contributed by atoms with Crippen LogP contribution >= 0.6 is 43.2 Å². The van der Waals surface area contributed by atoms with E-state index < -0.39 is 0 Å². The first-order chi connectivity index (χ1) is 9.11. The lowest BCUT2D eigenvalue weighted by Gasteiger charge is -2.30. The third kappa shape index (κ3) is 4.05. The van der Waals surface area contributed by atoms with E-state index in [9.17, 15) is 4.79 Å². The van der Waals surface area contributed by atoms with Gasteiger partial charge in [-0.2, -0.15) is 0 Å². The van der Waals surface area contributed by atoms with Crippen LogP contribution in [0.3, 0.4) is 0 Å². The van der Waals surface area contributed by atoms with E-state index in [4.69, 9.17) is 0 Å². The standard InChI is InChI=1S/C14H19Br2NOS/c1-9-6-12(19-13(9)16)14(18)17-8-11-5-3-2-4-10(11)7-15/h6,10-11H,2-5,7-8H2,1H3,(H,17,18). The first-order valence-corrected chi connectivity index (χ1v) is 9.45. The van der Waals surface area contributed by atoms with E-state index in [2.05, 4.69) is 37.2 Å². The monoisotopic (exact) mass is 407 g/mol. The predicted molar refractivity (Wildman–Crippen MR) is 88.3 cm³/mol. The van der Waals surface area contributed by atoms with E-state index in [1.807, 2.05) is 13.0 Å². The summed E-state index contributed by atoms with van der Waals surface area (Å²) in [5, 5.41) is 4.16. The minimum absolute atomic E-state index is 0.0673. The average Bonchev–Trinajstić information content (AvgIpc) is 2.76. The van der Waals surface area contributed by atoms with Gasteiger partial charge < -0.3 is 5.32 Å². The number of thiophene rings is 1. The SMILES string of the molecule is Cc1cc(C(=O)NCC2CCCCC2CBr)sc1Br. The second kappa shape index (κ2) is 7.23. The first-order valence-electron chi connectivity index (χ1n) is 6.72. The van der Waals surface area contributed by atoms with Gasteiger partial charge >= 0.3 is 0 Å². The number of alkyl halides is 1. The van der Waals surface area contributed by atoms with E-state index in [-0.39, 0.29) is 5.91 Å². The van der Waals surface area contributed by atoms with Crippen molar-refractivity contribution in [2.45, 2.75) is 32.6 Å². The Balaban J connectivity index is 1.89. The summed E-state index contributed by atoms with van der Waals surface area (Å²) >= 11 is 8.58. The third-order valence-electron chi connectivity index (χ3n) is 3.87. The normalized spacial score (nSPS) is 23.3. The Kier molecular flexibility index (Phi) is 5.90. The number of carbonyl (C=O) groups excluding carboxylic acids is 1. The highest BCUT2D eigenvalue weighted by atomic mass is 79.9. The molecule has 2 rings (SSSR count). The third-order valence-corrected chi connectivity index (χ3v) is 6.84. The van der Waals surface area contributed by atoms with Gasteiger partial charge in [0.05, 0.1) is 8.66 Å². The molecule has 1 aliphatic carbocycles. The summed E-state index contributed by atoms with van der Waals surface area (Å²) in [5.74, 6) is 1.41. The molecule has 106 valence electrons. The molecule has 1 saturated carbocycles. The summed E-state index contributed by atoms with van der Waals surface area (Å²) in [6, 6.07) is 1.95. The molecule has 1 aromatic rings. The lowest BCUT2D eigenvalue weighted by molar-refractivity contribution is 0.0941. The van der Waals surface area contributed by atoms with Gasteiger partial charge in [-0.3, -0.25) is 4.79 Å². The number of nitrogens with one attached hydrogen (secondary N) is 1. The molecule has 0 bridgehead atoms. The molecular weight excluding hydrogens is 390 g/mol. The Labute approximate surface area is 135 Å². The highest BCUT2D eigenvalue weighted by Crippen LogP contribution is 2.31. The van der Waals surface area contributed by atoms with Gasteiger partial charge in [0.25, 0.3) is 5.91 Å². The zero-order chi connectivity index (χ0) is 13.8. The molecule has 2 unspecified atom stereocenters. The van der Waals surface area contributed by atoms with Gasteiger partial charge in [-0.25, -0.2) is 0 Å². The molecule has 1 aromatic heterocycles. The van der Waals surface area contributed by atoms with Gasteiger partial charge in [0, 0.05) is 11.9 Å². The average molecular weight is 409 g/mol. The van der Waals surface area contributed by atoms with E-state index >= 15 is 0 Å². The van der Waals surface area contributed by atoms with Crippen molar-refractivity contribution < 1.29 is 4.79 Å². The lowest BCUT2D eigenvalue weighted by atomic mass is 9.80. The molecule has 1 fully saturated rings. The maximum Gasteiger partial charge on any atom is 0.261 e. The largest absolute Gasteiger partial charge is 0.351 e. The van der Waals surface area contributed by atoms with Crippen molar-refractivity contribution in [3.63, 3.8) is 0 Å². The fraction of sp³-hybridized carbons (Fsp3) is 0.643. The zero-order valence-corrected chi connectivity index (χ0v) is 15.0. The van der Waals surface area contributed by atoms with Gasteiger partial charge in [0.1, 0.15) is 0 Å². The summed E-state index contributed by atoms with van der Waals surface area (Å²) in [6.07, 6.45) is 5.16. The van der Waals surface area contributed by atoms with Gasteiger partial charge in [-0.05, 0) is 59.2 Å². The van der Waals surface area contributed by atoms with Crippen molar-refractivity contribution >= 4 is 49.1 Å². The molecule has 0 spiro atoms. The second-order valence-electron chi connectivity index (χ2n) is 5.24. The topological polar surface area (TPSA) is 29.1 Å². The molecule has 0 radical (unpaired) electrons. The molecule has 19 heavy (non-hydrogen) atoms. The van der Waals surface area contributed by atoms with E-state index in [1.54, 1.807) is 0 Å². The molecule has 5 heteroatoms. The molecule has 1 aliphatic rings.